The molecular weight excluding hydrogens is 340 g/mol. The molecule has 1 aliphatic carbocycles. The monoisotopic (exact) mass is 368 g/mol. The number of benzene rings is 1. The molecule has 1 saturated carbocycles. The molecule has 4 rings (SSSR count). The van der Waals surface area contributed by atoms with Gasteiger partial charge in [0.25, 0.3) is 5.56 Å². The highest BCUT2D eigenvalue weighted by atomic mass is 16.2. The summed E-state index contributed by atoms with van der Waals surface area (Å²) in [6, 6.07) is 7.79. The van der Waals surface area contributed by atoms with E-state index in [0.717, 1.165) is 62.7 Å². The molecule has 144 valence electrons. The van der Waals surface area contributed by atoms with Crippen molar-refractivity contribution in [1.29, 1.82) is 0 Å². The Morgan fingerprint density at radius 1 is 1.15 bits per heavy atom. The maximum atomic E-state index is 12.9. The molecule has 1 aliphatic heterocycles. The van der Waals surface area contributed by atoms with Gasteiger partial charge in [-0.25, -0.2) is 4.68 Å². The van der Waals surface area contributed by atoms with Crippen LogP contribution in [0.5, 0.6) is 0 Å². The van der Waals surface area contributed by atoms with E-state index in [4.69, 9.17) is 5.10 Å². The Labute approximate surface area is 159 Å². The van der Waals surface area contributed by atoms with Crippen molar-refractivity contribution >= 4 is 16.7 Å². The van der Waals surface area contributed by atoms with Crippen LogP contribution in [-0.4, -0.2) is 40.7 Å². The maximum absolute atomic E-state index is 12.9. The van der Waals surface area contributed by atoms with E-state index in [9.17, 15) is 9.59 Å². The fraction of sp³-hybridized carbons (Fsp3) is 0.571. The quantitative estimate of drug-likeness (QED) is 0.900. The van der Waals surface area contributed by atoms with Crippen LogP contribution >= 0.6 is 0 Å². The minimum absolute atomic E-state index is 0.0125. The van der Waals surface area contributed by atoms with Crippen molar-refractivity contribution in [3.63, 3.8) is 0 Å². The fourth-order valence-corrected chi connectivity index (χ4v) is 4.50. The van der Waals surface area contributed by atoms with Crippen molar-refractivity contribution in [2.45, 2.75) is 51.1 Å². The Morgan fingerprint density at radius 3 is 2.63 bits per heavy atom. The second-order valence-electron chi connectivity index (χ2n) is 8.00. The number of hydrogen-bond donors (Lipinski definition) is 1. The summed E-state index contributed by atoms with van der Waals surface area (Å²) < 4.78 is 1.67. The van der Waals surface area contributed by atoms with Crippen LogP contribution in [0.4, 0.5) is 0 Å². The summed E-state index contributed by atoms with van der Waals surface area (Å²) in [5, 5.41) is 9.31. The number of carbonyl (C=O) groups is 1. The summed E-state index contributed by atoms with van der Waals surface area (Å²) in [5.41, 5.74) is 0.774. The SMILES string of the molecule is CN1CCCC(C(=O)NCc2nn(C3CCCC3)c(=O)c3ccccc23)C1. The van der Waals surface area contributed by atoms with Crippen LogP contribution in [-0.2, 0) is 11.3 Å². The van der Waals surface area contributed by atoms with Crippen LogP contribution < -0.4 is 10.9 Å². The standard InChI is InChI=1S/C21H28N4O2/c1-24-12-6-7-15(14-24)20(26)22-13-19-17-10-4-5-11-18(17)21(27)25(23-19)16-8-2-3-9-16/h4-5,10-11,15-16H,2-3,6-9,12-14H2,1H3,(H,22,26). The Balaban J connectivity index is 1.59. The zero-order valence-corrected chi connectivity index (χ0v) is 16.0. The summed E-state index contributed by atoms with van der Waals surface area (Å²) >= 11 is 0. The molecule has 0 bridgehead atoms. The van der Waals surface area contributed by atoms with Crippen LogP contribution in [0.15, 0.2) is 29.1 Å². The number of carbonyl (C=O) groups excluding carboxylic acids is 1. The lowest BCUT2D eigenvalue weighted by Crippen LogP contribution is -2.41. The Kier molecular flexibility index (Phi) is 5.25. The van der Waals surface area contributed by atoms with Gasteiger partial charge in [-0.15, -0.1) is 0 Å². The lowest BCUT2D eigenvalue weighted by Gasteiger charge is -2.28. The van der Waals surface area contributed by atoms with Gasteiger partial charge in [0.15, 0.2) is 0 Å². The van der Waals surface area contributed by atoms with E-state index in [0.29, 0.717) is 11.9 Å². The number of hydrogen-bond acceptors (Lipinski definition) is 4. The highest BCUT2D eigenvalue weighted by Gasteiger charge is 2.25. The highest BCUT2D eigenvalue weighted by molar-refractivity contribution is 5.84. The number of aromatic nitrogens is 2. The largest absolute Gasteiger partial charge is 0.350 e. The summed E-state index contributed by atoms with van der Waals surface area (Å²) in [6.07, 6.45) is 6.30. The summed E-state index contributed by atoms with van der Waals surface area (Å²) in [6.45, 7) is 2.23. The maximum Gasteiger partial charge on any atom is 0.274 e. The first-order valence-corrected chi connectivity index (χ1v) is 10.1. The molecule has 1 amide bonds. The molecule has 6 nitrogen and oxygen atoms in total. The van der Waals surface area contributed by atoms with Gasteiger partial charge in [0.1, 0.15) is 0 Å². The van der Waals surface area contributed by atoms with Gasteiger partial charge in [-0.05, 0) is 45.3 Å². The van der Waals surface area contributed by atoms with Crippen LogP contribution in [0.2, 0.25) is 0 Å². The number of amides is 1. The normalized spacial score (nSPS) is 21.6. The van der Waals surface area contributed by atoms with Gasteiger partial charge >= 0.3 is 0 Å². The van der Waals surface area contributed by atoms with Crippen LogP contribution in [0, 0.1) is 5.92 Å². The molecule has 1 saturated heterocycles. The van der Waals surface area contributed by atoms with Crippen LogP contribution in [0.3, 0.4) is 0 Å². The molecule has 2 fully saturated rings. The van der Waals surface area contributed by atoms with Crippen LogP contribution in [0.1, 0.15) is 50.3 Å². The molecule has 27 heavy (non-hydrogen) atoms. The minimum Gasteiger partial charge on any atom is -0.350 e. The summed E-state index contributed by atoms with van der Waals surface area (Å²) in [4.78, 5) is 27.7. The van der Waals surface area contributed by atoms with E-state index in [1.54, 1.807) is 4.68 Å². The van der Waals surface area contributed by atoms with E-state index in [1.807, 2.05) is 24.3 Å². The molecule has 1 unspecified atom stereocenters. The minimum atomic E-state index is -0.0125. The van der Waals surface area contributed by atoms with Crippen molar-refractivity contribution in [2.24, 2.45) is 5.92 Å². The Hall–Kier alpha value is -2.21. The van der Waals surface area contributed by atoms with Gasteiger partial charge in [-0.2, -0.15) is 5.10 Å². The zero-order valence-electron chi connectivity index (χ0n) is 16.0. The van der Waals surface area contributed by atoms with E-state index >= 15 is 0 Å². The molecule has 2 heterocycles. The van der Waals surface area contributed by atoms with Crippen molar-refractivity contribution in [3.05, 3.63) is 40.3 Å². The molecule has 1 aromatic heterocycles. The second-order valence-corrected chi connectivity index (χ2v) is 8.00. The fourth-order valence-electron chi connectivity index (χ4n) is 4.50. The van der Waals surface area contributed by atoms with Gasteiger partial charge in [-0.1, -0.05) is 31.0 Å². The van der Waals surface area contributed by atoms with Gasteiger partial charge < -0.3 is 10.2 Å². The van der Waals surface area contributed by atoms with Gasteiger partial charge in [0.2, 0.25) is 5.91 Å². The molecule has 1 N–H and O–H groups in total. The van der Waals surface area contributed by atoms with Gasteiger partial charge in [0.05, 0.1) is 29.6 Å². The number of piperidine rings is 1. The molecule has 6 heteroatoms. The van der Waals surface area contributed by atoms with Crippen molar-refractivity contribution in [2.75, 3.05) is 20.1 Å². The molecular formula is C21H28N4O2. The second kappa shape index (κ2) is 7.80. The molecule has 1 aromatic carbocycles. The van der Waals surface area contributed by atoms with E-state index in [2.05, 4.69) is 17.3 Å². The average Bonchev–Trinajstić information content (AvgIpc) is 3.22. The predicted octanol–water partition coefficient (Wildman–Crippen LogP) is 2.47. The molecule has 2 aromatic rings. The highest BCUT2D eigenvalue weighted by Crippen LogP contribution is 2.28. The summed E-state index contributed by atoms with van der Waals surface area (Å²) in [5.74, 6) is 0.127. The lowest BCUT2D eigenvalue weighted by atomic mass is 9.97. The zero-order chi connectivity index (χ0) is 18.8. The summed E-state index contributed by atoms with van der Waals surface area (Å²) in [7, 11) is 2.06. The van der Waals surface area contributed by atoms with E-state index in [1.165, 1.54) is 0 Å². The van der Waals surface area contributed by atoms with Crippen molar-refractivity contribution in [3.8, 4) is 0 Å². The van der Waals surface area contributed by atoms with Crippen molar-refractivity contribution in [1.82, 2.24) is 20.0 Å². The smallest absolute Gasteiger partial charge is 0.274 e. The third-order valence-corrected chi connectivity index (χ3v) is 6.00. The van der Waals surface area contributed by atoms with E-state index in [-0.39, 0.29) is 23.4 Å². The molecule has 2 aliphatic rings. The molecule has 0 radical (unpaired) electrons. The number of fused-ring (bicyclic) bond motifs is 1. The first-order valence-electron chi connectivity index (χ1n) is 10.1. The van der Waals surface area contributed by atoms with Crippen molar-refractivity contribution < 1.29 is 4.79 Å². The third-order valence-electron chi connectivity index (χ3n) is 6.00. The Morgan fingerprint density at radius 2 is 1.89 bits per heavy atom. The van der Waals surface area contributed by atoms with Crippen LogP contribution in [0.25, 0.3) is 10.8 Å². The third kappa shape index (κ3) is 3.76. The molecule has 0 spiro atoms. The number of rotatable bonds is 4. The lowest BCUT2D eigenvalue weighted by molar-refractivity contribution is -0.126. The number of nitrogens with one attached hydrogen (secondary N) is 1. The average molecular weight is 368 g/mol. The number of nitrogens with zero attached hydrogens (tertiary/aromatic N) is 3. The molecule has 1 atom stereocenters. The first kappa shape index (κ1) is 18.2. The number of likely N-dealkylation sites (tertiary alicyclic amines) is 1. The topological polar surface area (TPSA) is 67.2 Å². The Bertz CT molecular complexity index is 885. The first-order chi connectivity index (χ1) is 13.1. The van der Waals surface area contributed by atoms with Gasteiger partial charge in [-0.3, -0.25) is 9.59 Å². The van der Waals surface area contributed by atoms with Gasteiger partial charge in [0, 0.05) is 11.9 Å². The van der Waals surface area contributed by atoms with E-state index < -0.39 is 0 Å². The predicted molar refractivity (Wildman–Crippen MR) is 106 cm³/mol.